The third-order valence-electron chi connectivity index (χ3n) is 5.12. The molecule has 1 aromatic heterocycles. The van der Waals surface area contributed by atoms with Gasteiger partial charge in [-0.15, -0.1) is 23.1 Å². The van der Waals surface area contributed by atoms with Crippen molar-refractivity contribution in [3.8, 4) is 0 Å². The highest BCUT2D eigenvalue weighted by Crippen LogP contribution is 2.43. The summed E-state index contributed by atoms with van der Waals surface area (Å²) in [6.07, 6.45) is -0.171. The van der Waals surface area contributed by atoms with Crippen LogP contribution in [0.25, 0.3) is 0 Å². The lowest BCUT2D eigenvalue weighted by Gasteiger charge is -2.28. The second-order valence-corrected chi connectivity index (χ2v) is 10.7. The average molecular weight is 490 g/mol. The lowest BCUT2D eigenvalue weighted by molar-refractivity contribution is -0.117. The van der Waals surface area contributed by atoms with Gasteiger partial charge in [-0.2, -0.15) is 0 Å². The first-order valence-corrected chi connectivity index (χ1v) is 11.6. The van der Waals surface area contributed by atoms with Crippen LogP contribution in [0.1, 0.15) is 45.0 Å². The molecule has 1 aliphatic heterocycles. The van der Waals surface area contributed by atoms with Crippen LogP contribution < -0.4 is 4.90 Å². The summed E-state index contributed by atoms with van der Waals surface area (Å²) in [5, 5.41) is 11.5. The second-order valence-electron chi connectivity index (χ2n) is 7.72. The van der Waals surface area contributed by atoms with Crippen LogP contribution in [0.5, 0.6) is 0 Å². The first kappa shape index (κ1) is 22.5. The highest BCUT2D eigenvalue weighted by Gasteiger charge is 2.38. The quantitative estimate of drug-likeness (QED) is 0.351. The third-order valence-corrected chi connectivity index (χ3v) is 7.61. The maximum Gasteiger partial charge on any atom is 0.346 e. The van der Waals surface area contributed by atoms with Gasteiger partial charge in [0, 0.05) is 14.7 Å². The number of amides is 2. The molecule has 3 aromatic rings. The predicted molar refractivity (Wildman–Crippen MR) is 124 cm³/mol. The number of carbonyl (C=O) groups excluding carboxylic acids is 2. The molecular weight excluding hydrogens is 473 g/mol. The Kier molecular flexibility index (Phi) is 5.87. The van der Waals surface area contributed by atoms with E-state index in [1.54, 1.807) is 12.1 Å². The Labute approximate surface area is 196 Å². The van der Waals surface area contributed by atoms with Gasteiger partial charge in [0.15, 0.2) is 0 Å². The number of carboxylic acids is 1. The van der Waals surface area contributed by atoms with Gasteiger partial charge in [-0.3, -0.25) is 9.59 Å². The van der Waals surface area contributed by atoms with Crippen molar-refractivity contribution in [2.75, 3.05) is 4.90 Å². The Hall–Kier alpha value is -2.68. The summed E-state index contributed by atoms with van der Waals surface area (Å²) in [6.45, 7) is 3.97. The second kappa shape index (κ2) is 8.35. The molecule has 2 amide bonds. The van der Waals surface area contributed by atoms with Crippen molar-refractivity contribution >= 4 is 58.2 Å². The van der Waals surface area contributed by atoms with E-state index in [4.69, 9.17) is 11.6 Å². The molecule has 0 fully saturated rings. The standard InChI is InChI=1S/C23H17ClFNO4S2/c1-23(2,13-4-3-5-14(24)9-13)32-15-6-7-16(25)17(10-15)26-18(27)8-12-11-31-20(22(29)30)19(12)21(26)28/h3-7,9-11H,8H2,1-2H3,(H,29,30). The SMILES string of the molecule is CC(C)(Sc1ccc(F)c(N2C(=O)Cc3csc(C(=O)O)c3C2=O)c1)c1cccc(Cl)c1. The summed E-state index contributed by atoms with van der Waals surface area (Å²) in [5.74, 6) is -3.43. The van der Waals surface area contributed by atoms with Gasteiger partial charge in [-0.1, -0.05) is 23.7 Å². The minimum Gasteiger partial charge on any atom is -0.477 e. The van der Waals surface area contributed by atoms with Crippen LogP contribution in [-0.2, 0) is 16.0 Å². The molecule has 0 radical (unpaired) electrons. The lowest BCUT2D eigenvalue weighted by atomic mass is 10.0. The van der Waals surface area contributed by atoms with Gasteiger partial charge in [-0.25, -0.2) is 14.1 Å². The molecule has 1 aliphatic rings. The van der Waals surface area contributed by atoms with Crippen LogP contribution >= 0.6 is 34.7 Å². The van der Waals surface area contributed by atoms with Gasteiger partial charge >= 0.3 is 5.97 Å². The summed E-state index contributed by atoms with van der Waals surface area (Å²) >= 11 is 8.43. The number of imide groups is 1. The van der Waals surface area contributed by atoms with Gasteiger partial charge in [0.2, 0.25) is 5.91 Å². The fourth-order valence-electron chi connectivity index (χ4n) is 3.57. The number of hydrogen-bond donors (Lipinski definition) is 1. The number of hydrogen-bond acceptors (Lipinski definition) is 5. The van der Waals surface area contributed by atoms with E-state index in [9.17, 15) is 23.9 Å². The van der Waals surface area contributed by atoms with Crippen LogP contribution in [0.2, 0.25) is 5.02 Å². The molecule has 2 aromatic carbocycles. The van der Waals surface area contributed by atoms with E-state index < -0.39 is 28.3 Å². The van der Waals surface area contributed by atoms with E-state index in [0.29, 0.717) is 15.5 Å². The van der Waals surface area contributed by atoms with Gasteiger partial charge in [0.05, 0.1) is 17.7 Å². The van der Waals surface area contributed by atoms with Crippen LogP contribution in [0.4, 0.5) is 10.1 Å². The van der Waals surface area contributed by atoms with Crippen molar-refractivity contribution in [1.29, 1.82) is 0 Å². The van der Waals surface area contributed by atoms with Crippen molar-refractivity contribution in [2.45, 2.75) is 29.9 Å². The number of carboxylic acid groups (broad SMARTS) is 1. The molecule has 4 rings (SSSR count). The number of fused-ring (bicyclic) bond motifs is 1. The summed E-state index contributed by atoms with van der Waals surface area (Å²) in [7, 11) is 0. The highest BCUT2D eigenvalue weighted by molar-refractivity contribution is 8.00. The fraction of sp³-hybridized carbons (Fsp3) is 0.174. The molecule has 32 heavy (non-hydrogen) atoms. The number of thioether (sulfide) groups is 1. The molecule has 0 unspecified atom stereocenters. The minimum absolute atomic E-state index is 0.0567. The van der Waals surface area contributed by atoms with Crippen LogP contribution in [0.15, 0.2) is 52.7 Å². The summed E-state index contributed by atoms with van der Waals surface area (Å²) in [4.78, 5) is 38.5. The normalized spacial score (nSPS) is 13.9. The van der Waals surface area contributed by atoms with E-state index >= 15 is 0 Å². The predicted octanol–water partition coefficient (Wildman–Crippen LogP) is 6.00. The molecule has 0 aliphatic carbocycles. The molecule has 164 valence electrons. The largest absolute Gasteiger partial charge is 0.477 e. The smallest absolute Gasteiger partial charge is 0.346 e. The number of anilines is 1. The first-order chi connectivity index (χ1) is 15.1. The Morgan fingerprint density at radius 3 is 2.66 bits per heavy atom. The number of halogens is 2. The average Bonchev–Trinajstić information content (AvgIpc) is 3.14. The molecule has 9 heteroatoms. The Morgan fingerprint density at radius 1 is 1.22 bits per heavy atom. The number of carbonyl (C=O) groups is 3. The number of aromatic carboxylic acids is 1. The van der Waals surface area contributed by atoms with Crippen molar-refractivity contribution in [2.24, 2.45) is 0 Å². The van der Waals surface area contributed by atoms with E-state index in [1.165, 1.54) is 29.3 Å². The van der Waals surface area contributed by atoms with Crippen molar-refractivity contribution in [3.05, 3.63) is 80.3 Å². The number of benzene rings is 2. The van der Waals surface area contributed by atoms with E-state index in [2.05, 4.69) is 0 Å². The van der Waals surface area contributed by atoms with Gasteiger partial charge < -0.3 is 5.11 Å². The fourth-order valence-corrected chi connectivity index (χ4v) is 5.80. The lowest BCUT2D eigenvalue weighted by Crippen LogP contribution is -2.43. The molecule has 0 saturated heterocycles. The topological polar surface area (TPSA) is 74.7 Å². The monoisotopic (exact) mass is 489 g/mol. The zero-order valence-electron chi connectivity index (χ0n) is 17.0. The maximum absolute atomic E-state index is 14.8. The maximum atomic E-state index is 14.8. The van der Waals surface area contributed by atoms with Crippen LogP contribution in [0, 0.1) is 5.82 Å². The summed E-state index contributed by atoms with van der Waals surface area (Å²) in [6, 6.07) is 11.6. The molecule has 0 saturated carbocycles. The minimum atomic E-state index is -1.26. The van der Waals surface area contributed by atoms with Crippen molar-refractivity contribution in [1.82, 2.24) is 0 Å². The van der Waals surface area contributed by atoms with E-state index in [0.717, 1.165) is 21.8 Å². The molecule has 2 heterocycles. The molecule has 0 atom stereocenters. The third kappa shape index (κ3) is 4.05. The molecule has 5 nitrogen and oxygen atoms in total. The van der Waals surface area contributed by atoms with Gasteiger partial charge in [-0.05, 0) is 60.7 Å². The first-order valence-electron chi connectivity index (χ1n) is 9.54. The van der Waals surface area contributed by atoms with Crippen molar-refractivity contribution in [3.63, 3.8) is 0 Å². The molecular formula is C23H17ClFNO4S2. The number of thiophene rings is 1. The van der Waals surface area contributed by atoms with Gasteiger partial charge in [0.1, 0.15) is 10.7 Å². The van der Waals surface area contributed by atoms with Gasteiger partial charge in [0.25, 0.3) is 5.91 Å². The van der Waals surface area contributed by atoms with Crippen molar-refractivity contribution < 1.29 is 23.9 Å². The molecule has 0 bridgehead atoms. The summed E-state index contributed by atoms with van der Waals surface area (Å²) < 4.78 is 14.3. The Balaban J connectivity index is 1.71. The zero-order valence-corrected chi connectivity index (χ0v) is 19.4. The highest BCUT2D eigenvalue weighted by atomic mass is 35.5. The Morgan fingerprint density at radius 2 is 1.97 bits per heavy atom. The van der Waals surface area contributed by atoms with Crippen LogP contribution in [0.3, 0.4) is 0 Å². The van der Waals surface area contributed by atoms with Crippen LogP contribution in [-0.4, -0.2) is 22.9 Å². The molecule has 1 N–H and O–H groups in total. The molecule has 0 spiro atoms. The number of rotatable bonds is 5. The number of nitrogens with zero attached hydrogens (tertiary/aromatic N) is 1. The Bertz CT molecular complexity index is 1270. The zero-order chi connectivity index (χ0) is 23.2. The van der Waals surface area contributed by atoms with E-state index in [1.807, 2.05) is 32.0 Å². The van der Waals surface area contributed by atoms with E-state index in [-0.39, 0.29) is 22.5 Å². The summed E-state index contributed by atoms with van der Waals surface area (Å²) in [5.41, 5.74) is 1.06.